The Kier molecular flexibility index (Phi) is 3.96. The van der Waals surface area contributed by atoms with Gasteiger partial charge in [-0.1, -0.05) is 31.9 Å². The number of likely N-dealkylation sites (N-methyl/N-ethyl adjacent to an activating group) is 1. The van der Waals surface area contributed by atoms with Gasteiger partial charge in [0.15, 0.2) is 0 Å². The lowest BCUT2D eigenvalue weighted by Crippen LogP contribution is -2.59. The molecule has 3 unspecified atom stereocenters. The number of hydrogen-bond donors (Lipinski definition) is 1. The van der Waals surface area contributed by atoms with Gasteiger partial charge >= 0.3 is 0 Å². The zero-order valence-corrected chi connectivity index (χ0v) is 10.7. The largest absolute Gasteiger partial charge is 0.323 e. The molecule has 0 radical (unpaired) electrons. The monoisotopic (exact) mass is 210 g/mol. The van der Waals surface area contributed by atoms with E-state index in [9.17, 15) is 0 Å². The zero-order chi connectivity index (χ0) is 11.6. The van der Waals surface area contributed by atoms with Crippen LogP contribution in [0.1, 0.15) is 39.5 Å². The average Bonchev–Trinajstić information content (AvgIpc) is 2.16. The first-order valence-corrected chi connectivity index (χ1v) is 5.98. The van der Waals surface area contributed by atoms with Crippen molar-refractivity contribution in [3.8, 4) is 0 Å². The van der Waals surface area contributed by atoms with Crippen molar-refractivity contribution in [3.05, 3.63) is 12.2 Å². The van der Waals surface area contributed by atoms with E-state index in [1.165, 1.54) is 25.7 Å². The molecule has 2 heteroatoms. The Balaban J connectivity index is 2.91. The quantitative estimate of drug-likeness (QED) is 0.725. The van der Waals surface area contributed by atoms with Gasteiger partial charge in [-0.3, -0.25) is 0 Å². The zero-order valence-electron chi connectivity index (χ0n) is 10.7. The summed E-state index contributed by atoms with van der Waals surface area (Å²) in [6.45, 7) is 8.42. The minimum atomic E-state index is 0.107. The summed E-state index contributed by atoms with van der Waals surface area (Å²) in [5, 5.41) is 0. The molecule has 1 aliphatic rings. The van der Waals surface area contributed by atoms with E-state index in [2.05, 4.69) is 39.4 Å². The molecule has 88 valence electrons. The van der Waals surface area contributed by atoms with E-state index in [-0.39, 0.29) is 11.6 Å². The third-order valence-electron chi connectivity index (χ3n) is 4.01. The average molecular weight is 210 g/mol. The van der Waals surface area contributed by atoms with Crippen LogP contribution in [0.2, 0.25) is 0 Å². The molecule has 0 aromatic heterocycles. The lowest BCUT2D eigenvalue weighted by atomic mass is 9.70. The Morgan fingerprint density at radius 2 is 2.13 bits per heavy atom. The summed E-state index contributed by atoms with van der Waals surface area (Å²) in [7, 11) is 4.31. The van der Waals surface area contributed by atoms with Crippen molar-refractivity contribution in [1.29, 1.82) is 0 Å². The fourth-order valence-corrected chi connectivity index (χ4v) is 2.99. The van der Waals surface area contributed by atoms with Gasteiger partial charge in [0.1, 0.15) is 0 Å². The fraction of sp³-hybridized carbons (Fsp3) is 0.846. The van der Waals surface area contributed by atoms with E-state index in [1.807, 2.05) is 0 Å². The Hall–Kier alpha value is -0.340. The van der Waals surface area contributed by atoms with E-state index in [0.717, 1.165) is 11.5 Å². The van der Waals surface area contributed by atoms with Gasteiger partial charge in [0.2, 0.25) is 0 Å². The molecule has 0 amide bonds. The molecule has 0 aliphatic heterocycles. The van der Waals surface area contributed by atoms with E-state index >= 15 is 0 Å². The van der Waals surface area contributed by atoms with Crippen LogP contribution in [0.25, 0.3) is 0 Å². The smallest absolute Gasteiger partial charge is 0.0435 e. The second kappa shape index (κ2) is 4.67. The normalized spacial score (nSPS) is 34.1. The van der Waals surface area contributed by atoms with Crippen molar-refractivity contribution in [1.82, 2.24) is 4.90 Å². The predicted octanol–water partition coefficient (Wildman–Crippen LogP) is 2.40. The maximum Gasteiger partial charge on any atom is 0.0435 e. The topological polar surface area (TPSA) is 29.3 Å². The summed E-state index contributed by atoms with van der Waals surface area (Å²) in [6.07, 6.45) is 5.05. The van der Waals surface area contributed by atoms with Crippen molar-refractivity contribution < 1.29 is 0 Å². The SMILES string of the molecule is C=C(C)C(N)C1(N(C)C)CCCC(C)C1. The van der Waals surface area contributed by atoms with Crippen LogP contribution in [0.5, 0.6) is 0 Å². The molecule has 1 aliphatic carbocycles. The fourth-order valence-electron chi connectivity index (χ4n) is 2.99. The highest BCUT2D eigenvalue weighted by molar-refractivity contribution is 5.14. The molecule has 2 N–H and O–H groups in total. The van der Waals surface area contributed by atoms with Crippen LogP contribution in [0.3, 0.4) is 0 Å². The lowest BCUT2D eigenvalue weighted by molar-refractivity contribution is 0.0609. The maximum absolute atomic E-state index is 6.35. The van der Waals surface area contributed by atoms with Gasteiger partial charge in [0.05, 0.1) is 0 Å². The first kappa shape index (κ1) is 12.7. The molecule has 3 atom stereocenters. The van der Waals surface area contributed by atoms with E-state index in [0.29, 0.717) is 0 Å². The van der Waals surface area contributed by atoms with Crippen molar-refractivity contribution >= 4 is 0 Å². The van der Waals surface area contributed by atoms with Crippen LogP contribution >= 0.6 is 0 Å². The summed E-state index contributed by atoms with van der Waals surface area (Å²) < 4.78 is 0. The van der Waals surface area contributed by atoms with Crippen LogP contribution in [0.15, 0.2) is 12.2 Å². The van der Waals surface area contributed by atoms with Crippen LogP contribution in [-0.2, 0) is 0 Å². The van der Waals surface area contributed by atoms with Gasteiger partial charge in [-0.2, -0.15) is 0 Å². The highest BCUT2D eigenvalue weighted by Gasteiger charge is 2.42. The minimum Gasteiger partial charge on any atom is -0.323 e. The summed E-state index contributed by atoms with van der Waals surface area (Å²) >= 11 is 0. The molecule has 1 fully saturated rings. The number of hydrogen-bond acceptors (Lipinski definition) is 2. The van der Waals surface area contributed by atoms with Crippen LogP contribution in [-0.4, -0.2) is 30.6 Å². The molecule has 0 saturated heterocycles. The molecule has 0 aromatic rings. The standard InChI is InChI=1S/C13H26N2/c1-10(2)12(14)13(15(4)5)8-6-7-11(3)9-13/h11-12H,1,6-9,14H2,2-5H3. The second-order valence-corrected chi connectivity index (χ2v) is 5.52. The highest BCUT2D eigenvalue weighted by atomic mass is 15.2. The van der Waals surface area contributed by atoms with Crippen LogP contribution in [0.4, 0.5) is 0 Å². The molecule has 15 heavy (non-hydrogen) atoms. The summed E-state index contributed by atoms with van der Waals surface area (Å²) in [5.41, 5.74) is 7.60. The Labute approximate surface area is 94.5 Å². The van der Waals surface area contributed by atoms with Gasteiger partial charge in [0, 0.05) is 11.6 Å². The third-order valence-corrected chi connectivity index (χ3v) is 4.01. The number of nitrogens with zero attached hydrogens (tertiary/aromatic N) is 1. The summed E-state index contributed by atoms with van der Waals surface area (Å²) in [4.78, 5) is 2.32. The Morgan fingerprint density at radius 1 is 1.53 bits per heavy atom. The molecule has 1 saturated carbocycles. The highest BCUT2D eigenvalue weighted by Crippen LogP contribution is 2.38. The molecular weight excluding hydrogens is 184 g/mol. The van der Waals surface area contributed by atoms with Gasteiger partial charge in [-0.05, 0) is 39.8 Å². The molecule has 0 bridgehead atoms. The number of nitrogens with two attached hydrogens (primary N) is 1. The molecule has 0 spiro atoms. The van der Waals surface area contributed by atoms with Crippen molar-refractivity contribution in [3.63, 3.8) is 0 Å². The van der Waals surface area contributed by atoms with Gasteiger partial charge in [-0.25, -0.2) is 0 Å². The number of rotatable bonds is 3. The van der Waals surface area contributed by atoms with Gasteiger partial charge < -0.3 is 10.6 Å². The Bertz CT molecular complexity index is 235. The van der Waals surface area contributed by atoms with E-state index < -0.39 is 0 Å². The first-order chi connectivity index (χ1) is 6.90. The molecule has 2 nitrogen and oxygen atoms in total. The minimum absolute atomic E-state index is 0.107. The molecular formula is C13H26N2. The van der Waals surface area contributed by atoms with Crippen LogP contribution < -0.4 is 5.73 Å². The molecule has 0 aromatic carbocycles. The maximum atomic E-state index is 6.35. The summed E-state index contributed by atoms with van der Waals surface area (Å²) in [5.74, 6) is 0.784. The van der Waals surface area contributed by atoms with Crippen molar-refractivity contribution in [2.24, 2.45) is 11.7 Å². The lowest BCUT2D eigenvalue weighted by Gasteiger charge is -2.49. The van der Waals surface area contributed by atoms with Gasteiger partial charge in [-0.15, -0.1) is 0 Å². The van der Waals surface area contributed by atoms with Crippen molar-refractivity contribution in [2.75, 3.05) is 14.1 Å². The second-order valence-electron chi connectivity index (χ2n) is 5.52. The summed E-state index contributed by atoms with van der Waals surface area (Å²) in [6, 6.07) is 0.107. The molecule has 0 heterocycles. The third kappa shape index (κ3) is 2.43. The van der Waals surface area contributed by atoms with E-state index in [1.54, 1.807) is 0 Å². The molecule has 1 rings (SSSR count). The Morgan fingerprint density at radius 3 is 2.53 bits per heavy atom. The first-order valence-electron chi connectivity index (χ1n) is 5.98. The predicted molar refractivity (Wildman–Crippen MR) is 66.8 cm³/mol. The van der Waals surface area contributed by atoms with Crippen molar-refractivity contribution in [2.45, 2.75) is 51.1 Å². The van der Waals surface area contributed by atoms with Gasteiger partial charge in [0.25, 0.3) is 0 Å². The van der Waals surface area contributed by atoms with Crippen LogP contribution in [0, 0.1) is 5.92 Å². The van der Waals surface area contributed by atoms with E-state index in [4.69, 9.17) is 5.73 Å².